The molecule has 2 aromatic heterocycles. The summed E-state index contributed by atoms with van der Waals surface area (Å²) in [5.74, 6) is 0.616. The molecular formula is C20H23N5O2. The maximum absolute atomic E-state index is 12.9. The van der Waals surface area contributed by atoms with E-state index in [9.17, 15) is 9.59 Å². The molecule has 0 unspecified atom stereocenters. The average molecular weight is 365 g/mol. The van der Waals surface area contributed by atoms with Crippen molar-refractivity contribution in [2.24, 2.45) is 0 Å². The predicted molar refractivity (Wildman–Crippen MR) is 105 cm³/mol. The van der Waals surface area contributed by atoms with Gasteiger partial charge in [0.15, 0.2) is 0 Å². The maximum Gasteiger partial charge on any atom is 0.255 e. The lowest BCUT2D eigenvalue weighted by atomic mass is 10.1. The Bertz CT molecular complexity index is 1050. The normalized spacial score (nSPS) is 14.1. The molecule has 1 N–H and O–H groups in total. The highest BCUT2D eigenvalue weighted by Gasteiger charge is 2.22. The monoisotopic (exact) mass is 365 g/mol. The number of nitrogens with zero attached hydrogens (tertiary/aromatic N) is 4. The predicted octanol–water partition coefficient (Wildman–Crippen LogP) is 1.42. The van der Waals surface area contributed by atoms with E-state index in [4.69, 9.17) is 0 Å². The first-order chi connectivity index (χ1) is 13.0. The molecule has 27 heavy (non-hydrogen) atoms. The van der Waals surface area contributed by atoms with E-state index in [1.807, 2.05) is 60.1 Å². The molecule has 1 aromatic carbocycles. The number of H-pyrrole nitrogens is 1. The third-order valence-corrected chi connectivity index (χ3v) is 5.10. The summed E-state index contributed by atoms with van der Waals surface area (Å²) in [6.45, 7) is 1.42. The largest absolute Gasteiger partial charge is 0.348 e. The Balaban J connectivity index is 1.52. The minimum absolute atomic E-state index is 0.0634. The van der Waals surface area contributed by atoms with Crippen molar-refractivity contribution >= 4 is 22.8 Å². The van der Waals surface area contributed by atoms with Crippen LogP contribution < -0.4 is 10.5 Å². The zero-order valence-electron chi connectivity index (χ0n) is 15.6. The molecule has 0 bridgehead atoms. The van der Waals surface area contributed by atoms with Crippen molar-refractivity contribution in [2.75, 3.05) is 32.1 Å². The van der Waals surface area contributed by atoms with Crippen LogP contribution in [0.4, 0.5) is 5.95 Å². The maximum atomic E-state index is 12.9. The van der Waals surface area contributed by atoms with E-state index in [2.05, 4.69) is 9.97 Å². The van der Waals surface area contributed by atoms with E-state index < -0.39 is 0 Å². The fourth-order valence-electron chi connectivity index (χ4n) is 3.58. The van der Waals surface area contributed by atoms with E-state index >= 15 is 0 Å². The third-order valence-electron chi connectivity index (χ3n) is 5.10. The minimum atomic E-state index is -0.102. The van der Waals surface area contributed by atoms with Gasteiger partial charge in [0, 0.05) is 50.9 Å². The summed E-state index contributed by atoms with van der Waals surface area (Å²) >= 11 is 0. The molecule has 0 saturated heterocycles. The second-order valence-electron chi connectivity index (χ2n) is 7.09. The summed E-state index contributed by atoms with van der Waals surface area (Å²) < 4.78 is 1.98. The van der Waals surface area contributed by atoms with Crippen LogP contribution >= 0.6 is 0 Å². The molecular weight excluding hydrogens is 342 g/mol. The number of hydrogen-bond acceptors (Lipinski definition) is 4. The molecule has 4 rings (SSSR count). The number of rotatable bonds is 3. The molecule has 0 aliphatic carbocycles. The smallest absolute Gasteiger partial charge is 0.255 e. The molecule has 140 valence electrons. The van der Waals surface area contributed by atoms with Crippen molar-refractivity contribution in [3.05, 3.63) is 58.1 Å². The fourth-order valence-corrected chi connectivity index (χ4v) is 3.58. The lowest BCUT2D eigenvalue weighted by Gasteiger charge is -2.20. The van der Waals surface area contributed by atoms with Gasteiger partial charge in [-0.15, -0.1) is 0 Å². The minimum Gasteiger partial charge on any atom is -0.348 e. The number of nitrogens with one attached hydrogen (secondary N) is 1. The van der Waals surface area contributed by atoms with Crippen molar-refractivity contribution in [1.29, 1.82) is 0 Å². The van der Waals surface area contributed by atoms with E-state index in [-0.39, 0.29) is 11.5 Å². The molecule has 1 aliphatic heterocycles. The quantitative estimate of drug-likeness (QED) is 0.762. The number of anilines is 1. The highest BCUT2D eigenvalue weighted by Crippen LogP contribution is 2.17. The van der Waals surface area contributed by atoms with Crippen LogP contribution in [-0.2, 0) is 24.2 Å². The number of amides is 1. The standard InChI is InChI=1S/C20H23N5O2/c1-23(2)20-21-16-9-12-24(11-8-15(16)19(27)22-20)18(26)13-25-10-7-14-5-3-4-6-17(14)25/h3-7,10H,8-9,11-13H2,1-2H3,(H,21,22,27). The van der Waals surface area contributed by atoms with Gasteiger partial charge in [-0.2, -0.15) is 0 Å². The summed E-state index contributed by atoms with van der Waals surface area (Å²) in [7, 11) is 3.69. The third kappa shape index (κ3) is 3.32. The Labute approximate surface area is 157 Å². The first-order valence-corrected chi connectivity index (χ1v) is 9.14. The van der Waals surface area contributed by atoms with Gasteiger partial charge >= 0.3 is 0 Å². The van der Waals surface area contributed by atoms with Crippen LogP contribution in [0.5, 0.6) is 0 Å². The van der Waals surface area contributed by atoms with Crippen LogP contribution in [-0.4, -0.2) is 52.5 Å². The Morgan fingerprint density at radius 3 is 2.78 bits per heavy atom. The molecule has 0 saturated carbocycles. The van der Waals surface area contributed by atoms with Crippen LogP contribution in [0.25, 0.3) is 10.9 Å². The molecule has 3 heterocycles. The topological polar surface area (TPSA) is 74.2 Å². The molecule has 7 nitrogen and oxygen atoms in total. The first kappa shape index (κ1) is 17.3. The van der Waals surface area contributed by atoms with Crippen molar-refractivity contribution in [3.8, 4) is 0 Å². The summed E-state index contributed by atoms with van der Waals surface area (Å²) in [6.07, 6.45) is 3.08. The fraction of sp³-hybridized carbons (Fsp3) is 0.350. The second kappa shape index (κ2) is 6.90. The van der Waals surface area contributed by atoms with E-state index in [0.29, 0.717) is 44.0 Å². The highest BCUT2D eigenvalue weighted by molar-refractivity contribution is 5.83. The van der Waals surface area contributed by atoms with E-state index in [1.54, 1.807) is 4.90 Å². The Morgan fingerprint density at radius 2 is 1.96 bits per heavy atom. The molecule has 0 radical (unpaired) electrons. The van der Waals surface area contributed by atoms with Gasteiger partial charge in [0.25, 0.3) is 5.56 Å². The van der Waals surface area contributed by atoms with Gasteiger partial charge in [-0.1, -0.05) is 18.2 Å². The van der Waals surface area contributed by atoms with Gasteiger partial charge < -0.3 is 14.4 Å². The molecule has 1 aliphatic rings. The SMILES string of the molecule is CN(C)c1nc2c(c(=O)[nH]1)CCN(C(=O)Cn1ccc3ccccc31)CC2. The van der Waals surface area contributed by atoms with Gasteiger partial charge in [0.2, 0.25) is 11.9 Å². The van der Waals surface area contributed by atoms with Gasteiger partial charge in [-0.05, 0) is 23.9 Å². The lowest BCUT2D eigenvalue weighted by Crippen LogP contribution is -2.35. The molecule has 7 heteroatoms. The summed E-state index contributed by atoms with van der Waals surface area (Å²) in [5, 5.41) is 1.13. The van der Waals surface area contributed by atoms with Crippen LogP contribution in [0.15, 0.2) is 41.3 Å². The van der Waals surface area contributed by atoms with Crippen molar-refractivity contribution in [2.45, 2.75) is 19.4 Å². The van der Waals surface area contributed by atoms with Crippen LogP contribution in [0.3, 0.4) is 0 Å². The molecule has 0 atom stereocenters. The number of aromatic amines is 1. The Hall–Kier alpha value is -3.09. The van der Waals surface area contributed by atoms with Gasteiger partial charge in [0.1, 0.15) is 6.54 Å². The van der Waals surface area contributed by atoms with E-state index in [1.165, 1.54) is 0 Å². The van der Waals surface area contributed by atoms with Gasteiger partial charge in [-0.3, -0.25) is 14.6 Å². The van der Waals surface area contributed by atoms with Crippen LogP contribution in [0, 0.1) is 0 Å². The summed E-state index contributed by atoms with van der Waals surface area (Å²) in [6, 6.07) is 10.1. The number of benzene rings is 1. The lowest BCUT2D eigenvalue weighted by molar-refractivity contribution is -0.131. The number of carbonyl (C=O) groups excluding carboxylic acids is 1. The van der Waals surface area contributed by atoms with E-state index in [0.717, 1.165) is 16.6 Å². The average Bonchev–Trinajstić information content (AvgIpc) is 2.92. The Morgan fingerprint density at radius 1 is 1.19 bits per heavy atom. The zero-order valence-corrected chi connectivity index (χ0v) is 15.6. The summed E-state index contributed by atoms with van der Waals surface area (Å²) in [5.41, 5.74) is 2.44. The number of para-hydroxylation sites is 1. The number of aromatic nitrogens is 3. The van der Waals surface area contributed by atoms with Gasteiger partial charge in [0.05, 0.1) is 5.69 Å². The highest BCUT2D eigenvalue weighted by atomic mass is 16.2. The number of fused-ring (bicyclic) bond motifs is 2. The van der Waals surface area contributed by atoms with Crippen LogP contribution in [0.1, 0.15) is 11.3 Å². The number of carbonyl (C=O) groups is 1. The molecule has 1 amide bonds. The second-order valence-corrected chi connectivity index (χ2v) is 7.09. The molecule has 0 fully saturated rings. The zero-order chi connectivity index (χ0) is 19.0. The number of hydrogen-bond donors (Lipinski definition) is 1. The molecule has 3 aromatic rings. The van der Waals surface area contributed by atoms with Crippen molar-refractivity contribution < 1.29 is 4.79 Å². The first-order valence-electron chi connectivity index (χ1n) is 9.14. The van der Waals surface area contributed by atoms with Crippen LogP contribution in [0.2, 0.25) is 0 Å². The van der Waals surface area contributed by atoms with Gasteiger partial charge in [-0.25, -0.2) is 4.98 Å². The van der Waals surface area contributed by atoms with Crippen molar-refractivity contribution in [3.63, 3.8) is 0 Å². The summed E-state index contributed by atoms with van der Waals surface area (Å²) in [4.78, 5) is 36.3. The molecule has 0 spiro atoms. The van der Waals surface area contributed by atoms with Crippen molar-refractivity contribution in [1.82, 2.24) is 19.4 Å². The Kier molecular flexibility index (Phi) is 4.43.